The summed E-state index contributed by atoms with van der Waals surface area (Å²) in [7, 11) is 0. The van der Waals surface area contributed by atoms with Crippen LogP contribution in [0.25, 0.3) is 0 Å². The molecule has 0 aromatic carbocycles. The van der Waals surface area contributed by atoms with Crippen molar-refractivity contribution in [3.05, 3.63) is 18.5 Å². The molecule has 0 saturated carbocycles. The van der Waals surface area contributed by atoms with Gasteiger partial charge in [-0.15, -0.1) is 0 Å². The molecule has 0 spiro atoms. The summed E-state index contributed by atoms with van der Waals surface area (Å²) in [5, 5.41) is 10.5. The highest BCUT2D eigenvalue weighted by Gasteiger charge is 2.22. The normalized spacial score (nSPS) is 22.7. The van der Waals surface area contributed by atoms with Gasteiger partial charge in [0.05, 0.1) is 18.2 Å². The van der Waals surface area contributed by atoms with E-state index in [2.05, 4.69) is 29.6 Å². The van der Waals surface area contributed by atoms with Gasteiger partial charge in [-0.25, -0.2) is 0 Å². The Morgan fingerprint density at radius 2 is 2.29 bits per heavy atom. The van der Waals surface area contributed by atoms with Gasteiger partial charge in [0.15, 0.2) is 0 Å². The van der Waals surface area contributed by atoms with E-state index < -0.39 is 0 Å². The molecule has 21 heavy (non-hydrogen) atoms. The van der Waals surface area contributed by atoms with Crippen molar-refractivity contribution in [2.24, 2.45) is 0 Å². The van der Waals surface area contributed by atoms with E-state index in [4.69, 9.17) is 4.74 Å². The Hall–Kier alpha value is -1.40. The topological polar surface area (TPSA) is 68.2 Å². The van der Waals surface area contributed by atoms with Crippen LogP contribution in [0, 0.1) is 0 Å². The van der Waals surface area contributed by atoms with Crippen LogP contribution in [0.4, 0.5) is 0 Å². The summed E-state index contributed by atoms with van der Waals surface area (Å²) in [5.74, 6) is 0.0185. The van der Waals surface area contributed by atoms with Crippen molar-refractivity contribution < 1.29 is 9.53 Å². The fourth-order valence-corrected chi connectivity index (χ4v) is 2.53. The van der Waals surface area contributed by atoms with Crippen molar-refractivity contribution in [2.75, 3.05) is 13.2 Å². The summed E-state index contributed by atoms with van der Waals surface area (Å²) in [4.78, 5) is 12.1. The number of nitrogens with zero attached hydrogens (tertiary/aromatic N) is 2. The molecule has 6 nitrogen and oxygen atoms in total. The van der Waals surface area contributed by atoms with Crippen LogP contribution in [0.3, 0.4) is 0 Å². The zero-order valence-electron chi connectivity index (χ0n) is 13.1. The Labute approximate surface area is 126 Å². The van der Waals surface area contributed by atoms with Crippen molar-refractivity contribution in [1.29, 1.82) is 0 Å². The first kappa shape index (κ1) is 16.0. The minimum absolute atomic E-state index is 0.0185. The smallest absolute Gasteiger partial charge is 0.236 e. The molecular weight excluding hydrogens is 268 g/mol. The van der Waals surface area contributed by atoms with E-state index in [0.717, 1.165) is 19.4 Å². The molecule has 0 bridgehead atoms. The third-order valence-corrected chi connectivity index (χ3v) is 4.10. The number of aromatic nitrogens is 2. The van der Waals surface area contributed by atoms with E-state index >= 15 is 0 Å². The molecule has 0 unspecified atom stereocenters. The fourth-order valence-electron chi connectivity index (χ4n) is 2.53. The first-order valence-corrected chi connectivity index (χ1v) is 7.72. The number of ether oxygens (including phenoxy) is 1. The lowest BCUT2D eigenvalue weighted by atomic mass is 10.1. The zero-order chi connectivity index (χ0) is 15.2. The Bertz CT molecular complexity index is 429. The minimum atomic E-state index is -0.237. The van der Waals surface area contributed by atoms with Gasteiger partial charge in [0.25, 0.3) is 0 Å². The second-order valence-corrected chi connectivity index (χ2v) is 5.78. The molecule has 2 rings (SSSR count). The predicted octanol–water partition coefficient (Wildman–Crippen LogP) is 1.11. The lowest BCUT2D eigenvalue weighted by Gasteiger charge is -2.25. The average molecular weight is 294 g/mol. The lowest BCUT2D eigenvalue weighted by molar-refractivity contribution is -0.123. The molecule has 4 atom stereocenters. The maximum atomic E-state index is 12.1. The number of carbonyl (C=O) groups excluding carboxylic acids is 1. The zero-order valence-corrected chi connectivity index (χ0v) is 13.1. The summed E-state index contributed by atoms with van der Waals surface area (Å²) < 4.78 is 7.40. The Morgan fingerprint density at radius 1 is 1.48 bits per heavy atom. The number of amides is 1. The van der Waals surface area contributed by atoms with Gasteiger partial charge in [-0.05, 0) is 39.7 Å². The fraction of sp³-hybridized carbons (Fsp3) is 0.733. The number of hydrogen-bond acceptors (Lipinski definition) is 4. The van der Waals surface area contributed by atoms with Crippen molar-refractivity contribution in [3.63, 3.8) is 0 Å². The van der Waals surface area contributed by atoms with Crippen LogP contribution in [0.2, 0.25) is 0 Å². The van der Waals surface area contributed by atoms with Crippen LogP contribution in [0.5, 0.6) is 0 Å². The van der Waals surface area contributed by atoms with E-state index in [9.17, 15) is 4.79 Å². The second-order valence-electron chi connectivity index (χ2n) is 5.78. The summed E-state index contributed by atoms with van der Waals surface area (Å²) in [5.41, 5.74) is 0. The molecule has 1 aromatic rings. The van der Waals surface area contributed by atoms with Gasteiger partial charge in [0.1, 0.15) is 0 Å². The van der Waals surface area contributed by atoms with E-state index in [0.29, 0.717) is 6.54 Å². The number of hydrogen-bond donors (Lipinski definition) is 2. The van der Waals surface area contributed by atoms with E-state index in [-0.39, 0.29) is 30.1 Å². The van der Waals surface area contributed by atoms with Crippen LogP contribution < -0.4 is 10.6 Å². The Balaban J connectivity index is 1.74. The molecular formula is C15H26N4O2. The van der Waals surface area contributed by atoms with E-state index in [1.807, 2.05) is 23.9 Å². The highest BCUT2D eigenvalue weighted by Crippen LogP contribution is 2.11. The third kappa shape index (κ3) is 4.54. The largest absolute Gasteiger partial charge is 0.376 e. The van der Waals surface area contributed by atoms with Crippen molar-refractivity contribution in [2.45, 2.75) is 57.8 Å². The van der Waals surface area contributed by atoms with Crippen molar-refractivity contribution in [3.8, 4) is 0 Å². The lowest BCUT2D eigenvalue weighted by Crippen LogP contribution is -2.49. The molecule has 1 fully saturated rings. The number of carbonyl (C=O) groups is 1. The monoisotopic (exact) mass is 294 g/mol. The number of nitrogens with one attached hydrogen (secondary N) is 2. The molecule has 0 radical (unpaired) electrons. The van der Waals surface area contributed by atoms with Gasteiger partial charge in [-0.3, -0.25) is 9.48 Å². The quantitative estimate of drug-likeness (QED) is 0.790. The van der Waals surface area contributed by atoms with E-state index in [1.165, 1.54) is 0 Å². The van der Waals surface area contributed by atoms with Crippen molar-refractivity contribution in [1.82, 2.24) is 20.4 Å². The first-order valence-electron chi connectivity index (χ1n) is 7.72. The van der Waals surface area contributed by atoms with Crippen LogP contribution >= 0.6 is 0 Å². The van der Waals surface area contributed by atoms with Crippen LogP contribution in [-0.2, 0) is 9.53 Å². The summed E-state index contributed by atoms with van der Waals surface area (Å²) in [6.45, 7) is 7.45. The molecule has 118 valence electrons. The molecule has 1 aliphatic rings. The molecule has 1 amide bonds. The maximum absolute atomic E-state index is 12.1. The predicted molar refractivity (Wildman–Crippen MR) is 81.0 cm³/mol. The van der Waals surface area contributed by atoms with Gasteiger partial charge >= 0.3 is 0 Å². The standard InChI is InChI=1S/C15H26N4O2/c1-11(13(3)19-8-5-7-17-19)18-12(2)15(20)16-10-14-6-4-9-21-14/h5,7-8,11-14,18H,4,6,9-10H2,1-3H3,(H,16,20)/t11-,12+,13-,14+/m1/s1. The number of rotatable bonds is 7. The van der Waals surface area contributed by atoms with E-state index in [1.54, 1.807) is 6.20 Å². The highest BCUT2D eigenvalue weighted by molar-refractivity contribution is 5.81. The van der Waals surface area contributed by atoms with Gasteiger partial charge in [-0.2, -0.15) is 5.10 Å². The molecule has 2 heterocycles. The molecule has 1 aromatic heterocycles. The van der Waals surface area contributed by atoms with Crippen LogP contribution in [0.15, 0.2) is 18.5 Å². The maximum Gasteiger partial charge on any atom is 0.236 e. The summed E-state index contributed by atoms with van der Waals surface area (Å²) in [6, 6.07) is 2.00. The summed E-state index contributed by atoms with van der Waals surface area (Å²) >= 11 is 0. The summed E-state index contributed by atoms with van der Waals surface area (Å²) in [6.07, 6.45) is 6.01. The van der Waals surface area contributed by atoms with Crippen molar-refractivity contribution >= 4 is 5.91 Å². The van der Waals surface area contributed by atoms with Gasteiger partial charge in [0, 0.05) is 31.6 Å². The Morgan fingerprint density at radius 3 is 2.90 bits per heavy atom. The molecule has 6 heteroatoms. The molecule has 0 aliphatic carbocycles. The molecule has 1 aliphatic heterocycles. The molecule has 1 saturated heterocycles. The van der Waals surface area contributed by atoms with Gasteiger partial charge < -0.3 is 15.4 Å². The second kappa shape index (κ2) is 7.56. The highest BCUT2D eigenvalue weighted by atomic mass is 16.5. The van der Waals surface area contributed by atoms with Gasteiger partial charge in [-0.1, -0.05) is 0 Å². The third-order valence-electron chi connectivity index (χ3n) is 4.10. The first-order chi connectivity index (χ1) is 10.1. The SMILES string of the molecule is C[C@H](N[C@H](C)[C@@H](C)n1cccn1)C(=O)NC[C@@H]1CCCO1. The van der Waals surface area contributed by atoms with Crippen LogP contribution in [0.1, 0.15) is 39.7 Å². The van der Waals surface area contributed by atoms with Gasteiger partial charge in [0.2, 0.25) is 5.91 Å². The minimum Gasteiger partial charge on any atom is -0.376 e. The van der Waals surface area contributed by atoms with Crippen LogP contribution in [-0.4, -0.2) is 47.0 Å². The molecule has 2 N–H and O–H groups in total. The Kier molecular flexibility index (Phi) is 5.76. The average Bonchev–Trinajstić information content (AvgIpc) is 3.16.